The van der Waals surface area contributed by atoms with Crippen LogP contribution in [0.4, 0.5) is 11.8 Å². The van der Waals surface area contributed by atoms with Crippen molar-refractivity contribution in [2.75, 3.05) is 25.7 Å². The minimum absolute atomic E-state index is 0.235. The maximum Gasteiger partial charge on any atom is 0.222 e. The number of aromatic nitrogens is 2. The Morgan fingerprint density at radius 2 is 1.72 bits per heavy atom. The summed E-state index contributed by atoms with van der Waals surface area (Å²) in [6.07, 6.45) is 6.17. The third-order valence-corrected chi connectivity index (χ3v) is 4.24. The van der Waals surface area contributed by atoms with E-state index in [1.807, 2.05) is 18.2 Å². The van der Waals surface area contributed by atoms with Crippen molar-refractivity contribution in [2.24, 2.45) is 0 Å². The molecule has 0 bridgehead atoms. The Labute approximate surface area is 149 Å². The van der Waals surface area contributed by atoms with Crippen molar-refractivity contribution in [2.45, 2.75) is 45.4 Å². The Hall–Kier alpha value is -2.50. The van der Waals surface area contributed by atoms with Crippen molar-refractivity contribution in [3.63, 3.8) is 0 Å². The first-order chi connectivity index (χ1) is 12.1. The third kappa shape index (κ3) is 4.98. The van der Waals surface area contributed by atoms with Crippen LogP contribution in [0.1, 0.15) is 49.4 Å². The van der Waals surface area contributed by atoms with Crippen molar-refractivity contribution < 1.29 is 9.47 Å². The molecule has 6 heteroatoms. The molecule has 0 spiro atoms. The molecule has 0 amide bonds. The van der Waals surface area contributed by atoms with E-state index in [-0.39, 0.29) is 5.95 Å². The second kappa shape index (κ2) is 9.11. The lowest BCUT2D eigenvalue weighted by atomic mass is 10.00. The molecule has 2 aromatic rings. The van der Waals surface area contributed by atoms with E-state index in [1.165, 1.54) is 19.3 Å². The molecule has 0 aliphatic carbocycles. The predicted molar refractivity (Wildman–Crippen MR) is 101 cm³/mol. The Balaban J connectivity index is 2.25. The topological polar surface area (TPSA) is 96.3 Å². The van der Waals surface area contributed by atoms with Gasteiger partial charge in [0.2, 0.25) is 5.95 Å². The van der Waals surface area contributed by atoms with Crippen molar-refractivity contribution >= 4 is 11.8 Å². The zero-order chi connectivity index (χ0) is 18.2. The third-order valence-electron chi connectivity index (χ3n) is 4.24. The van der Waals surface area contributed by atoms with Crippen LogP contribution in [0.15, 0.2) is 18.2 Å². The summed E-state index contributed by atoms with van der Waals surface area (Å²) in [6, 6.07) is 5.84. The highest BCUT2D eigenvalue weighted by molar-refractivity contribution is 5.50. The molecular formula is C19H28N4O2. The maximum absolute atomic E-state index is 6.14. The average Bonchev–Trinajstić information content (AvgIpc) is 2.61. The predicted octanol–water partition coefficient (Wildman–Crippen LogP) is 3.37. The summed E-state index contributed by atoms with van der Waals surface area (Å²) in [4.78, 5) is 8.57. The number of unbranched alkanes of at least 4 members (excludes halogenated alkanes) is 3. The van der Waals surface area contributed by atoms with E-state index in [1.54, 1.807) is 14.2 Å². The standard InChI is InChI=1S/C19H28N4O2/c1-4-5-6-7-8-15-14(18(20)23-19(21)22-15)11-13-9-10-16(24-2)17(12-13)25-3/h9-10,12H,4-8,11H2,1-3H3,(H4,20,21,22,23). The van der Waals surface area contributed by atoms with E-state index in [0.29, 0.717) is 23.7 Å². The number of nitrogens with zero attached hydrogens (tertiary/aromatic N) is 2. The number of nitrogens with two attached hydrogens (primary N) is 2. The fraction of sp³-hybridized carbons (Fsp3) is 0.474. The fourth-order valence-electron chi connectivity index (χ4n) is 2.88. The van der Waals surface area contributed by atoms with Gasteiger partial charge in [0.05, 0.1) is 19.9 Å². The molecule has 0 aliphatic heterocycles. The molecule has 0 saturated carbocycles. The summed E-state index contributed by atoms with van der Waals surface area (Å²) < 4.78 is 10.7. The normalized spacial score (nSPS) is 10.7. The Kier molecular flexibility index (Phi) is 6.86. The van der Waals surface area contributed by atoms with Crippen LogP contribution in [-0.2, 0) is 12.8 Å². The quantitative estimate of drug-likeness (QED) is 0.677. The summed E-state index contributed by atoms with van der Waals surface area (Å²) >= 11 is 0. The van der Waals surface area contributed by atoms with Gasteiger partial charge in [-0.2, -0.15) is 4.98 Å². The van der Waals surface area contributed by atoms with Crippen LogP contribution in [0.3, 0.4) is 0 Å². The van der Waals surface area contributed by atoms with Gasteiger partial charge in [-0.25, -0.2) is 4.98 Å². The molecule has 2 rings (SSSR count). The largest absolute Gasteiger partial charge is 0.493 e. The summed E-state index contributed by atoms with van der Waals surface area (Å²) in [5, 5.41) is 0. The second-order valence-electron chi connectivity index (χ2n) is 6.07. The summed E-state index contributed by atoms with van der Waals surface area (Å²) in [7, 11) is 3.25. The first-order valence-electron chi connectivity index (χ1n) is 8.70. The number of hydrogen-bond donors (Lipinski definition) is 2. The highest BCUT2D eigenvalue weighted by Gasteiger charge is 2.13. The Morgan fingerprint density at radius 3 is 2.40 bits per heavy atom. The smallest absolute Gasteiger partial charge is 0.222 e. The molecule has 0 aliphatic rings. The number of nitrogen functional groups attached to an aromatic ring is 2. The van der Waals surface area contributed by atoms with Gasteiger partial charge in [0.15, 0.2) is 11.5 Å². The summed E-state index contributed by atoms with van der Waals surface area (Å²) in [5.41, 5.74) is 14.9. The van der Waals surface area contributed by atoms with Crippen LogP contribution >= 0.6 is 0 Å². The number of rotatable bonds is 9. The molecule has 1 heterocycles. The van der Waals surface area contributed by atoms with Crippen molar-refractivity contribution in [3.8, 4) is 11.5 Å². The van der Waals surface area contributed by atoms with E-state index >= 15 is 0 Å². The zero-order valence-corrected chi connectivity index (χ0v) is 15.3. The molecule has 0 radical (unpaired) electrons. The molecule has 1 aromatic carbocycles. The number of ether oxygens (including phenoxy) is 2. The summed E-state index contributed by atoms with van der Waals surface area (Å²) in [5.74, 6) is 2.08. The van der Waals surface area contributed by atoms with Gasteiger partial charge in [-0.05, 0) is 30.5 Å². The van der Waals surface area contributed by atoms with Gasteiger partial charge >= 0.3 is 0 Å². The van der Waals surface area contributed by atoms with Crippen molar-refractivity contribution in [3.05, 3.63) is 35.0 Å². The van der Waals surface area contributed by atoms with E-state index in [9.17, 15) is 0 Å². The molecule has 6 nitrogen and oxygen atoms in total. The molecule has 25 heavy (non-hydrogen) atoms. The Morgan fingerprint density at radius 1 is 0.960 bits per heavy atom. The first kappa shape index (κ1) is 18.8. The number of methoxy groups -OCH3 is 2. The molecule has 0 atom stereocenters. The van der Waals surface area contributed by atoms with Gasteiger partial charge in [-0.3, -0.25) is 0 Å². The highest BCUT2D eigenvalue weighted by Crippen LogP contribution is 2.30. The van der Waals surface area contributed by atoms with Crippen LogP contribution in [-0.4, -0.2) is 24.2 Å². The average molecular weight is 344 g/mol. The van der Waals surface area contributed by atoms with Gasteiger partial charge < -0.3 is 20.9 Å². The van der Waals surface area contributed by atoms with Crippen LogP contribution in [0.5, 0.6) is 11.5 Å². The van der Waals surface area contributed by atoms with Gasteiger partial charge in [0.1, 0.15) is 5.82 Å². The molecule has 136 valence electrons. The maximum atomic E-state index is 6.14. The molecule has 0 fully saturated rings. The molecule has 0 saturated heterocycles. The van der Waals surface area contributed by atoms with Gasteiger partial charge in [0, 0.05) is 12.0 Å². The van der Waals surface area contributed by atoms with Crippen LogP contribution in [0.25, 0.3) is 0 Å². The molecule has 4 N–H and O–H groups in total. The number of benzene rings is 1. The van der Waals surface area contributed by atoms with E-state index in [4.69, 9.17) is 20.9 Å². The minimum Gasteiger partial charge on any atom is -0.493 e. The lowest BCUT2D eigenvalue weighted by Gasteiger charge is -2.14. The van der Waals surface area contributed by atoms with Crippen molar-refractivity contribution in [1.29, 1.82) is 0 Å². The Bertz CT molecular complexity index is 704. The van der Waals surface area contributed by atoms with Gasteiger partial charge in [-0.15, -0.1) is 0 Å². The first-order valence-corrected chi connectivity index (χ1v) is 8.70. The SMILES string of the molecule is CCCCCCc1nc(N)nc(N)c1Cc1ccc(OC)c(OC)c1. The van der Waals surface area contributed by atoms with Crippen LogP contribution in [0, 0.1) is 0 Å². The van der Waals surface area contributed by atoms with Crippen molar-refractivity contribution in [1.82, 2.24) is 9.97 Å². The minimum atomic E-state index is 0.235. The van der Waals surface area contributed by atoms with E-state index in [0.717, 1.165) is 29.7 Å². The lowest BCUT2D eigenvalue weighted by Crippen LogP contribution is -2.10. The lowest BCUT2D eigenvalue weighted by molar-refractivity contribution is 0.354. The number of aryl methyl sites for hydroxylation is 1. The van der Waals surface area contributed by atoms with Crippen LogP contribution < -0.4 is 20.9 Å². The summed E-state index contributed by atoms with van der Waals surface area (Å²) in [6.45, 7) is 2.20. The zero-order valence-electron chi connectivity index (χ0n) is 15.3. The van der Waals surface area contributed by atoms with E-state index in [2.05, 4.69) is 16.9 Å². The van der Waals surface area contributed by atoms with E-state index < -0.39 is 0 Å². The molecular weight excluding hydrogens is 316 g/mol. The fourth-order valence-corrected chi connectivity index (χ4v) is 2.88. The highest BCUT2D eigenvalue weighted by atomic mass is 16.5. The van der Waals surface area contributed by atoms with Gasteiger partial charge in [-0.1, -0.05) is 32.3 Å². The molecule has 1 aromatic heterocycles. The second-order valence-corrected chi connectivity index (χ2v) is 6.07. The van der Waals surface area contributed by atoms with Crippen LogP contribution in [0.2, 0.25) is 0 Å². The monoisotopic (exact) mass is 344 g/mol. The molecule has 0 unspecified atom stereocenters. The number of hydrogen-bond acceptors (Lipinski definition) is 6. The number of anilines is 2. The van der Waals surface area contributed by atoms with Gasteiger partial charge in [0.25, 0.3) is 0 Å².